The molecule has 0 amide bonds. The van der Waals surface area contributed by atoms with E-state index >= 15 is 0 Å². The first kappa shape index (κ1) is 51.0. The molecule has 3 heterocycles. The van der Waals surface area contributed by atoms with E-state index in [4.69, 9.17) is 47.7 Å². The number of rotatable bonds is 7. The Labute approximate surface area is 331 Å². The minimum atomic E-state index is -4.64. The van der Waals surface area contributed by atoms with Crippen LogP contribution >= 0.6 is 7.82 Å². The third kappa shape index (κ3) is 12.7. The number of ketones is 1. The van der Waals surface area contributed by atoms with Crippen molar-refractivity contribution < 1.29 is 82.8 Å². The molecule has 3 aliphatic rings. The molecule has 18 nitrogen and oxygen atoms in total. The molecule has 3 aliphatic heterocycles. The Morgan fingerprint density at radius 1 is 0.875 bits per heavy atom. The molecular formula is C37H70NO17P. The van der Waals surface area contributed by atoms with Crippen LogP contribution in [0.5, 0.6) is 0 Å². The van der Waals surface area contributed by atoms with E-state index in [-0.39, 0.29) is 31.4 Å². The predicted molar refractivity (Wildman–Crippen MR) is 201 cm³/mol. The average molecular weight is 832 g/mol. The summed E-state index contributed by atoms with van der Waals surface area (Å²) in [6, 6.07) is -0.324. The molecule has 15 unspecified atom stereocenters. The number of methoxy groups -OCH3 is 1. The molecule has 330 valence electrons. The number of hydrogen-bond acceptors (Lipinski definition) is 15. The van der Waals surface area contributed by atoms with Gasteiger partial charge in [-0.2, -0.15) is 0 Å². The van der Waals surface area contributed by atoms with Crippen LogP contribution in [0.25, 0.3) is 0 Å². The molecule has 0 spiro atoms. The minimum absolute atomic E-state index is 0.0936. The first-order valence-electron chi connectivity index (χ1n) is 19.3. The van der Waals surface area contributed by atoms with Crippen molar-refractivity contribution in [3.05, 3.63) is 0 Å². The highest BCUT2D eigenvalue weighted by molar-refractivity contribution is 7.45. The van der Waals surface area contributed by atoms with E-state index in [1.807, 2.05) is 25.9 Å². The van der Waals surface area contributed by atoms with Gasteiger partial charge in [-0.1, -0.05) is 27.7 Å². The summed E-state index contributed by atoms with van der Waals surface area (Å²) in [4.78, 5) is 51.3. The molecule has 3 fully saturated rings. The summed E-state index contributed by atoms with van der Waals surface area (Å²) in [5, 5.41) is 57.6. The predicted octanol–water partition coefficient (Wildman–Crippen LogP) is 0.857. The van der Waals surface area contributed by atoms with Crippen LogP contribution in [0.2, 0.25) is 0 Å². The summed E-state index contributed by atoms with van der Waals surface area (Å²) in [6.07, 6.45) is -9.71. The Hall–Kier alpha value is -1.19. The molecular weight excluding hydrogens is 761 g/mol. The van der Waals surface area contributed by atoms with Gasteiger partial charge in [-0.15, -0.1) is 0 Å². The van der Waals surface area contributed by atoms with Crippen LogP contribution < -0.4 is 0 Å². The Morgan fingerprint density at radius 2 is 1.43 bits per heavy atom. The minimum Gasteiger partial charge on any atom is -0.459 e. The van der Waals surface area contributed by atoms with Crippen LogP contribution in [0, 0.1) is 23.7 Å². The summed E-state index contributed by atoms with van der Waals surface area (Å²) >= 11 is 0. The standard InChI is InChI=1S/C37H67NO13.H3O4P/c1-14-25-37(10,45)30(41)20(4)27(39)18(2)16-35(8,44)32(51-34-28(40)24(38(11)12)15-19(3)47-34)21(5)29(22(6)33(43)49-25)50-26-17-36(9,46-13)31(42)23(7)48-26;1-5(2,3)4/h18-26,28-32,34,40-42,44-45H,14-17H2,1-13H3;(H3,1,2,3,4)/t18?,19?,20?,21?,22?,23?,24?,25?,26?,28?,29?,30?,31?,32?,34?,35-,36-,37-;/m1./s1. The van der Waals surface area contributed by atoms with Gasteiger partial charge in [0.05, 0.1) is 47.6 Å². The van der Waals surface area contributed by atoms with E-state index in [2.05, 4.69) is 0 Å². The summed E-state index contributed by atoms with van der Waals surface area (Å²) in [6.45, 7) is 16.3. The van der Waals surface area contributed by atoms with Crippen LogP contribution in [0.3, 0.4) is 0 Å². The fourth-order valence-electron chi connectivity index (χ4n) is 8.41. The zero-order valence-corrected chi connectivity index (χ0v) is 36.0. The van der Waals surface area contributed by atoms with Gasteiger partial charge in [-0.25, -0.2) is 4.57 Å². The molecule has 18 atom stereocenters. The highest BCUT2D eigenvalue weighted by Crippen LogP contribution is 2.41. The second kappa shape index (κ2) is 19.9. The van der Waals surface area contributed by atoms with Crippen molar-refractivity contribution in [2.45, 2.75) is 179 Å². The molecule has 0 radical (unpaired) electrons. The molecule has 0 aromatic heterocycles. The average Bonchev–Trinajstić information content (AvgIpc) is 3.08. The SMILES string of the molecule is CCC1OC(=O)C(C)C(OC2C[C@@](C)(OC)C(O)C(C)O2)C(C)C(OC2OC(C)CC(N(C)C)C2O)[C@](C)(O)CC(C)C(=O)C(C)C(O)[C@]1(C)O.O=P(O)(O)O. The van der Waals surface area contributed by atoms with Crippen molar-refractivity contribution >= 4 is 19.6 Å². The highest BCUT2D eigenvalue weighted by Gasteiger charge is 2.53. The number of aliphatic hydroxyl groups excluding tert-OH is 3. The maximum atomic E-state index is 14.1. The second-order valence-electron chi connectivity index (χ2n) is 17.0. The van der Waals surface area contributed by atoms with E-state index in [1.54, 1.807) is 41.5 Å². The summed E-state index contributed by atoms with van der Waals surface area (Å²) < 4.78 is 45.9. The van der Waals surface area contributed by atoms with Crippen molar-refractivity contribution in [2.24, 2.45) is 23.7 Å². The topological polar surface area (TPSA) is 272 Å². The highest BCUT2D eigenvalue weighted by atomic mass is 31.2. The maximum absolute atomic E-state index is 14.1. The Balaban J connectivity index is 0.00000203. The largest absolute Gasteiger partial charge is 0.466 e. The summed E-state index contributed by atoms with van der Waals surface area (Å²) in [7, 11) is 0.537. The van der Waals surface area contributed by atoms with Gasteiger partial charge in [-0.05, 0) is 74.9 Å². The lowest BCUT2D eigenvalue weighted by atomic mass is 9.74. The lowest BCUT2D eigenvalue weighted by Crippen LogP contribution is -2.61. The van der Waals surface area contributed by atoms with E-state index < -0.39 is 115 Å². The number of ether oxygens (including phenoxy) is 6. The molecule has 8 N–H and O–H groups in total. The van der Waals surface area contributed by atoms with Gasteiger partial charge < -0.3 is 73.5 Å². The fourth-order valence-corrected chi connectivity index (χ4v) is 8.41. The van der Waals surface area contributed by atoms with E-state index in [0.29, 0.717) is 6.42 Å². The van der Waals surface area contributed by atoms with Gasteiger partial charge in [0.15, 0.2) is 12.6 Å². The van der Waals surface area contributed by atoms with Crippen molar-refractivity contribution in [1.29, 1.82) is 0 Å². The number of hydrogen-bond donors (Lipinski definition) is 8. The van der Waals surface area contributed by atoms with E-state index in [1.165, 1.54) is 27.9 Å². The molecule has 0 aliphatic carbocycles. The molecule has 3 rings (SSSR count). The molecule has 0 aromatic rings. The number of aliphatic hydroxyl groups is 5. The van der Waals surface area contributed by atoms with Gasteiger partial charge >= 0.3 is 13.8 Å². The lowest BCUT2D eigenvalue weighted by molar-refractivity contribution is -0.318. The monoisotopic (exact) mass is 831 g/mol. The molecule has 0 saturated carbocycles. The Bertz CT molecular complexity index is 1320. The van der Waals surface area contributed by atoms with Gasteiger partial charge in [0, 0.05) is 37.3 Å². The zero-order chi connectivity index (χ0) is 43.5. The van der Waals surface area contributed by atoms with Gasteiger partial charge in [0.1, 0.15) is 29.7 Å². The molecule has 3 saturated heterocycles. The summed E-state index contributed by atoms with van der Waals surface area (Å²) in [5.74, 6) is -4.98. The van der Waals surface area contributed by atoms with E-state index in [9.17, 15) is 35.1 Å². The number of esters is 1. The molecule has 0 aromatic carbocycles. The van der Waals surface area contributed by atoms with Crippen molar-refractivity contribution in [3.8, 4) is 0 Å². The van der Waals surface area contributed by atoms with Crippen LogP contribution in [-0.2, 0) is 42.6 Å². The summed E-state index contributed by atoms with van der Waals surface area (Å²) in [5.41, 5.74) is -4.84. The molecule has 56 heavy (non-hydrogen) atoms. The van der Waals surface area contributed by atoms with Crippen LogP contribution in [-0.4, -0.2) is 162 Å². The number of carbonyl (C=O) groups is 2. The number of Topliss-reactive ketones (excluding diaryl/α,β-unsaturated/α-hetero) is 1. The van der Waals surface area contributed by atoms with Gasteiger partial charge in [0.25, 0.3) is 0 Å². The quantitative estimate of drug-likeness (QED) is 0.131. The lowest BCUT2D eigenvalue weighted by Gasteiger charge is -2.49. The van der Waals surface area contributed by atoms with Gasteiger partial charge in [0.2, 0.25) is 0 Å². The number of carbonyl (C=O) groups excluding carboxylic acids is 2. The number of likely N-dealkylation sites (N-methyl/N-ethyl adjacent to an activating group) is 1. The van der Waals surface area contributed by atoms with Crippen LogP contribution in [0.4, 0.5) is 0 Å². The zero-order valence-electron chi connectivity index (χ0n) is 35.1. The van der Waals surface area contributed by atoms with E-state index in [0.717, 1.165) is 0 Å². The van der Waals surface area contributed by atoms with Gasteiger partial charge in [-0.3, -0.25) is 9.59 Å². The third-order valence-electron chi connectivity index (χ3n) is 11.8. The number of phosphoric acid groups is 1. The number of nitrogens with zero attached hydrogens (tertiary/aromatic N) is 1. The Kier molecular flexibility index (Phi) is 18.1. The maximum Gasteiger partial charge on any atom is 0.466 e. The fraction of sp³-hybridized carbons (Fsp3) is 0.946. The molecule has 0 bridgehead atoms. The molecule has 19 heteroatoms. The van der Waals surface area contributed by atoms with Crippen molar-refractivity contribution in [2.75, 3.05) is 21.2 Å². The smallest absolute Gasteiger partial charge is 0.459 e. The Morgan fingerprint density at radius 3 is 1.93 bits per heavy atom. The second-order valence-corrected chi connectivity index (χ2v) is 18.0. The third-order valence-corrected chi connectivity index (χ3v) is 11.8. The van der Waals surface area contributed by atoms with Crippen molar-refractivity contribution in [1.82, 2.24) is 4.90 Å². The normalized spacial score (nSPS) is 46.4. The van der Waals surface area contributed by atoms with Crippen molar-refractivity contribution in [3.63, 3.8) is 0 Å². The van der Waals surface area contributed by atoms with Crippen LogP contribution in [0.1, 0.15) is 94.9 Å². The first-order chi connectivity index (χ1) is 25.4. The first-order valence-corrected chi connectivity index (χ1v) is 20.8. The number of cyclic esters (lactones) is 1. The van der Waals surface area contributed by atoms with Crippen LogP contribution in [0.15, 0.2) is 0 Å².